The maximum atomic E-state index is 14.8. The van der Waals surface area contributed by atoms with Crippen molar-refractivity contribution in [3.05, 3.63) is 77.1 Å². The summed E-state index contributed by atoms with van der Waals surface area (Å²) in [5.41, 5.74) is 2.02. The Morgan fingerprint density at radius 3 is 2.53 bits per heavy atom. The maximum absolute atomic E-state index is 14.8. The quantitative estimate of drug-likeness (QED) is 0.389. The predicted octanol–water partition coefficient (Wildman–Crippen LogP) is 4.38. The summed E-state index contributed by atoms with van der Waals surface area (Å²) >= 11 is 0. The number of aryl methyl sites for hydroxylation is 2. The number of carbonyl (C=O) groups is 1. The van der Waals surface area contributed by atoms with E-state index in [0.717, 1.165) is 11.3 Å². The van der Waals surface area contributed by atoms with Crippen molar-refractivity contribution in [1.29, 1.82) is 0 Å². The van der Waals surface area contributed by atoms with E-state index >= 15 is 0 Å². The van der Waals surface area contributed by atoms with E-state index < -0.39 is 23.6 Å². The number of nitrogens with zero attached hydrogens (tertiary/aromatic N) is 5. The molecule has 1 aromatic carbocycles. The van der Waals surface area contributed by atoms with Crippen molar-refractivity contribution in [1.82, 2.24) is 24.9 Å². The van der Waals surface area contributed by atoms with E-state index in [1.54, 1.807) is 23.1 Å². The van der Waals surface area contributed by atoms with Crippen LogP contribution < -0.4 is 5.32 Å². The van der Waals surface area contributed by atoms with Crippen molar-refractivity contribution < 1.29 is 22.5 Å². The molecule has 0 unspecified atom stereocenters. The molecule has 186 valence electrons. The lowest BCUT2D eigenvalue weighted by molar-refractivity contribution is -0.115. The SMILES string of the molecule is Cc1nn(C)cc1Cc1ncc(-c2ccc(CC(=O)Nc3cc(C4(C(F)F)CC4)on3)c(F)c2)cn1. The minimum Gasteiger partial charge on any atom is -0.358 e. The van der Waals surface area contributed by atoms with Gasteiger partial charge in [0.1, 0.15) is 11.6 Å². The summed E-state index contributed by atoms with van der Waals surface area (Å²) < 4.78 is 47.9. The van der Waals surface area contributed by atoms with Crippen molar-refractivity contribution in [3.8, 4) is 11.1 Å². The fourth-order valence-corrected chi connectivity index (χ4v) is 4.09. The number of nitrogens with one attached hydrogen (secondary N) is 1. The van der Waals surface area contributed by atoms with Gasteiger partial charge in [0.2, 0.25) is 5.91 Å². The lowest BCUT2D eigenvalue weighted by atomic mass is 10.0. The molecule has 0 radical (unpaired) electrons. The van der Waals surface area contributed by atoms with Crippen LogP contribution in [0.5, 0.6) is 0 Å². The largest absolute Gasteiger partial charge is 0.358 e. The number of rotatable bonds is 8. The highest BCUT2D eigenvalue weighted by molar-refractivity contribution is 5.91. The normalized spacial score (nSPS) is 14.3. The van der Waals surface area contributed by atoms with Crippen LogP contribution in [0.25, 0.3) is 11.1 Å². The van der Waals surface area contributed by atoms with Gasteiger partial charge in [-0.1, -0.05) is 17.3 Å². The highest BCUT2D eigenvalue weighted by Crippen LogP contribution is 2.53. The topological polar surface area (TPSA) is 98.7 Å². The van der Waals surface area contributed by atoms with Crippen LogP contribution in [0, 0.1) is 12.7 Å². The molecule has 0 atom stereocenters. The van der Waals surface area contributed by atoms with Crippen molar-refractivity contribution in [2.75, 3.05) is 5.32 Å². The number of carbonyl (C=O) groups excluding carboxylic acids is 1. The summed E-state index contributed by atoms with van der Waals surface area (Å²) in [5.74, 6) is -0.402. The Balaban J connectivity index is 1.22. The molecule has 1 amide bonds. The first-order chi connectivity index (χ1) is 17.2. The van der Waals surface area contributed by atoms with Crippen LogP contribution in [-0.2, 0) is 30.1 Å². The van der Waals surface area contributed by atoms with E-state index in [9.17, 15) is 18.0 Å². The first-order valence-electron chi connectivity index (χ1n) is 11.4. The number of hydrogen-bond acceptors (Lipinski definition) is 6. The summed E-state index contributed by atoms with van der Waals surface area (Å²) in [5, 5.41) is 10.4. The molecular weight excluding hydrogens is 473 g/mol. The average molecular weight is 496 g/mol. The molecule has 0 aliphatic heterocycles. The van der Waals surface area contributed by atoms with E-state index in [4.69, 9.17) is 4.52 Å². The molecule has 0 bridgehead atoms. The molecule has 0 saturated heterocycles. The lowest BCUT2D eigenvalue weighted by Gasteiger charge is -2.08. The summed E-state index contributed by atoms with van der Waals surface area (Å²) in [6.45, 7) is 1.92. The fraction of sp³-hybridized carbons (Fsp3) is 0.320. The maximum Gasteiger partial charge on any atom is 0.251 e. The fourth-order valence-electron chi connectivity index (χ4n) is 4.09. The first-order valence-corrected chi connectivity index (χ1v) is 11.4. The molecule has 1 N–H and O–H groups in total. The molecule has 11 heteroatoms. The van der Waals surface area contributed by atoms with E-state index in [0.29, 0.717) is 36.2 Å². The number of anilines is 1. The van der Waals surface area contributed by atoms with Crippen LogP contribution in [0.2, 0.25) is 0 Å². The molecule has 1 aliphatic rings. The molecule has 1 fully saturated rings. The van der Waals surface area contributed by atoms with Crippen molar-refractivity contribution in [3.63, 3.8) is 0 Å². The number of halogens is 3. The Kier molecular flexibility index (Phi) is 6.07. The molecule has 5 rings (SSSR count). The van der Waals surface area contributed by atoms with Gasteiger partial charge in [-0.2, -0.15) is 5.10 Å². The van der Waals surface area contributed by atoms with E-state index in [-0.39, 0.29) is 23.6 Å². The van der Waals surface area contributed by atoms with E-state index in [1.807, 2.05) is 20.2 Å². The highest BCUT2D eigenvalue weighted by atomic mass is 19.3. The number of hydrogen-bond donors (Lipinski definition) is 1. The van der Waals surface area contributed by atoms with E-state index in [1.165, 1.54) is 18.2 Å². The Morgan fingerprint density at radius 2 is 1.92 bits per heavy atom. The molecule has 4 aromatic rings. The molecule has 8 nitrogen and oxygen atoms in total. The monoisotopic (exact) mass is 496 g/mol. The Labute approximate surface area is 204 Å². The Morgan fingerprint density at radius 1 is 1.17 bits per heavy atom. The second kappa shape index (κ2) is 9.21. The zero-order valence-electron chi connectivity index (χ0n) is 19.6. The van der Waals surface area contributed by atoms with Gasteiger partial charge in [-0.15, -0.1) is 0 Å². The van der Waals surface area contributed by atoms with Gasteiger partial charge in [0, 0.05) is 49.3 Å². The standard InChI is InChI=1S/C25H23F3N6O2/c1-14-17(13-34(2)32-14)8-21-29-11-18(12-30-21)15-3-4-16(19(26)7-15)9-23(35)31-22-10-20(36-33-22)25(5-6-25)24(27)28/h3-4,7,10-13,24H,5-6,8-9H2,1-2H3,(H,31,33,35). The minimum absolute atomic E-state index is 0.0256. The number of amides is 1. The Bertz CT molecular complexity index is 1410. The summed E-state index contributed by atoms with van der Waals surface area (Å²) in [4.78, 5) is 21.1. The summed E-state index contributed by atoms with van der Waals surface area (Å²) in [7, 11) is 1.85. The number of benzene rings is 1. The van der Waals surface area contributed by atoms with Crippen LogP contribution in [0.3, 0.4) is 0 Å². The first kappa shape index (κ1) is 23.7. The highest BCUT2D eigenvalue weighted by Gasteiger charge is 2.55. The van der Waals surface area contributed by atoms with Gasteiger partial charge in [-0.3, -0.25) is 9.48 Å². The van der Waals surface area contributed by atoms with Gasteiger partial charge in [0.05, 0.1) is 17.5 Å². The second-order valence-electron chi connectivity index (χ2n) is 9.04. The zero-order valence-corrected chi connectivity index (χ0v) is 19.6. The van der Waals surface area contributed by atoms with Gasteiger partial charge in [0.15, 0.2) is 11.6 Å². The Hall–Kier alpha value is -4.02. The second-order valence-corrected chi connectivity index (χ2v) is 9.04. The van der Waals surface area contributed by atoms with Gasteiger partial charge in [0.25, 0.3) is 6.43 Å². The van der Waals surface area contributed by atoms with Crippen LogP contribution >= 0.6 is 0 Å². The van der Waals surface area contributed by atoms with Gasteiger partial charge >= 0.3 is 0 Å². The van der Waals surface area contributed by atoms with Crippen LogP contribution in [0.4, 0.5) is 19.0 Å². The lowest BCUT2D eigenvalue weighted by Crippen LogP contribution is -2.17. The molecular formula is C25H23F3N6O2. The molecule has 3 aromatic heterocycles. The van der Waals surface area contributed by atoms with Crippen LogP contribution in [0.1, 0.15) is 41.2 Å². The summed E-state index contributed by atoms with van der Waals surface area (Å²) in [6, 6.07) is 5.82. The molecule has 3 heterocycles. The number of aromatic nitrogens is 5. The van der Waals surface area contributed by atoms with Crippen molar-refractivity contribution >= 4 is 11.7 Å². The van der Waals surface area contributed by atoms with Gasteiger partial charge in [-0.05, 0) is 37.0 Å². The van der Waals surface area contributed by atoms with Crippen molar-refractivity contribution in [2.24, 2.45) is 7.05 Å². The molecule has 1 saturated carbocycles. The van der Waals surface area contributed by atoms with E-state index in [2.05, 4.69) is 25.5 Å². The average Bonchev–Trinajstić information content (AvgIpc) is 3.43. The van der Waals surface area contributed by atoms with Crippen LogP contribution in [0.15, 0.2) is 47.4 Å². The third-order valence-corrected chi connectivity index (χ3v) is 6.38. The predicted molar refractivity (Wildman–Crippen MR) is 124 cm³/mol. The smallest absolute Gasteiger partial charge is 0.251 e. The van der Waals surface area contributed by atoms with Crippen molar-refractivity contribution in [2.45, 2.75) is 44.4 Å². The molecule has 0 spiro atoms. The zero-order chi connectivity index (χ0) is 25.4. The van der Waals surface area contributed by atoms with Crippen LogP contribution in [-0.4, -0.2) is 37.2 Å². The third-order valence-electron chi connectivity index (χ3n) is 6.38. The van der Waals surface area contributed by atoms with Gasteiger partial charge in [-0.25, -0.2) is 23.1 Å². The summed E-state index contributed by atoms with van der Waals surface area (Å²) in [6.07, 6.45) is 3.52. The third kappa shape index (κ3) is 4.73. The minimum atomic E-state index is -2.56. The molecule has 1 aliphatic carbocycles. The number of alkyl halides is 2. The molecule has 36 heavy (non-hydrogen) atoms. The van der Waals surface area contributed by atoms with Gasteiger partial charge < -0.3 is 9.84 Å².